The van der Waals surface area contributed by atoms with Gasteiger partial charge in [-0.15, -0.1) is 0 Å². The molecule has 0 bridgehead atoms. The number of carbonyl (C=O) groups excluding carboxylic acids is 1. The van der Waals surface area contributed by atoms with Gasteiger partial charge in [0, 0.05) is 12.3 Å². The Labute approximate surface area is 173 Å². The third kappa shape index (κ3) is 8.43. The summed E-state index contributed by atoms with van der Waals surface area (Å²) in [4.78, 5) is 11.8. The van der Waals surface area contributed by atoms with Gasteiger partial charge in [0.1, 0.15) is 6.04 Å². The van der Waals surface area contributed by atoms with Crippen molar-refractivity contribution in [3.05, 3.63) is 65.7 Å². The number of aryl methyl sites for hydroxylation is 1. The van der Waals surface area contributed by atoms with Crippen LogP contribution in [0.25, 0.3) is 0 Å². The quantitative estimate of drug-likeness (QED) is 0.448. The molecule has 6 nitrogen and oxygen atoms in total. The van der Waals surface area contributed by atoms with Gasteiger partial charge in [-0.25, -0.2) is 13.1 Å². The van der Waals surface area contributed by atoms with E-state index >= 15 is 0 Å². The third-order valence-corrected chi connectivity index (χ3v) is 5.54. The summed E-state index contributed by atoms with van der Waals surface area (Å²) in [7, 11) is -1.87. The van der Waals surface area contributed by atoms with Gasteiger partial charge in [-0.05, 0) is 38.6 Å². The summed E-state index contributed by atoms with van der Waals surface area (Å²) in [5.41, 5.74) is 2.18. The van der Waals surface area contributed by atoms with Crippen molar-refractivity contribution in [2.45, 2.75) is 31.3 Å². The summed E-state index contributed by atoms with van der Waals surface area (Å²) in [5, 5.41) is 3.12. The van der Waals surface area contributed by atoms with Crippen molar-refractivity contribution in [3.8, 4) is 0 Å². The molecule has 0 fully saturated rings. The number of nitrogens with one attached hydrogen (secondary N) is 2. The lowest BCUT2D eigenvalue weighted by Gasteiger charge is -2.14. The van der Waals surface area contributed by atoms with Gasteiger partial charge >= 0.3 is 5.97 Å². The highest BCUT2D eigenvalue weighted by molar-refractivity contribution is 7.89. The molecule has 0 aromatic heterocycles. The fourth-order valence-corrected chi connectivity index (χ4v) is 3.15. The highest BCUT2D eigenvalue weighted by Gasteiger charge is 2.16. The van der Waals surface area contributed by atoms with Gasteiger partial charge in [-0.3, -0.25) is 10.1 Å². The predicted octanol–water partition coefficient (Wildman–Crippen LogP) is 2.54. The van der Waals surface area contributed by atoms with Crippen LogP contribution in [0.2, 0.25) is 0 Å². The number of thiol groups is 1. The molecule has 2 aromatic rings. The first-order valence-corrected chi connectivity index (χ1v) is 11.0. The maximum Gasteiger partial charge on any atom is 0.323 e. The molecule has 0 amide bonds. The van der Waals surface area contributed by atoms with E-state index in [9.17, 15) is 13.2 Å². The van der Waals surface area contributed by atoms with E-state index in [0.29, 0.717) is 23.8 Å². The molecular formula is C20H28N2O4S2. The predicted molar refractivity (Wildman–Crippen MR) is 115 cm³/mol. The first-order chi connectivity index (χ1) is 13.3. The molecule has 0 radical (unpaired) electrons. The molecule has 0 saturated carbocycles. The first kappa shape index (κ1) is 24.2. The summed E-state index contributed by atoms with van der Waals surface area (Å²) < 4.78 is 29.6. The number of sulfonamides is 1. The molecule has 0 heterocycles. The van der Waals surface area contributed by atoms with Crippen molar-refractivity contribution in [2.75, 3.05) is 19.4 Å². The summed E-state index contributed by atoms with van der Waals surface area (Å²) in [6.07, 6.45) is 0. The first-order valence-electron chi connectivity index (χ1n) is 8.89. The maximum absolute atomic E-state index is 11.5. The Bertz CT molecular complexity index is 810. The average Bonchev–Trinajstić information content (AvgIpc) is 2.70. The zero-order valence-electron chi connectivity index (χ0n) is 16.4. The van der Waals surface area contributed by atoms with Crippen LogP contribution in [-0.4, -0.2) is 39.8 Å². The molecule has 0 saturated heterocycles. The Morgan fingerprint density at radius 2 is 1.71 bits per heavy atom. The van der Waals surface area contributed by atoms with E-state index in [4.69, 9.17) is 4.74 Å². The number of hydrogen-bond donors (Lipinski definition) is 3. The van der Waals surface area contributed by atoms with Gasteiger partial charge in [0.25, 0.3) is 0 Å². The molecule has 2 rings (SSSR count). The number of benzene rings is 2. The zero-order chi connectivity index (χ0) is 21.0. The Kier molecular flexibility index (Phi) is 10.8. The lowest BCUT2D eigenvalue weighted by molar-refractivity contribution is -0.145. The van der Waals surface area contributed by atoms with Crippen LogP contribution < -0.4 is 10.0 Å². The second kappa shape index (κ2) is 12.6. The third-order valence-electron chi connectivity index (χ3n) is 3.75. The van der Waals surface area contributed by atoms with Gasteiger partial charge in [0.2, 0.25) is 10.0 Å². The van der Waals surface area contributed by atoms with Gasteiger partial charge in [0.15, 0.2) is 0 Å². The molecule has 0 unspecified atom stereocenters. The molecular weight excluding hydrogens is 396 g/mol. The van der Waals surface area contributed by atoms with Crippen LogP contribution in [0.5, 0.6) is 0 Å². The topological polar surface area (TPSA) is 84.5 Å². The van der Waals surface area contributed by atoms with E-state index < -0.39 is 10.0 Å². The Morgan fingerprint density at radius 1 is 1.11 bits per heavy atom. The van der Waals surface area contributed by atoms with Crippen LogP contribution in [-0.2, 0) is 26.1 Å². The molecule has 8 heteroatoms. The lowest BCUT2D eigenvalue weighted by Crippen LogP contribution is -2.39. The van der Waals surface area contributed by atoms with E-state index in [2.05, 4.69) is 22.7 Å². The average molecular weight is 425 g/mol. The highest BCUT2D eigenvalue weighted by atomic mass is 32.2. The lowest BCUT2D eigenvalue weighted by atomic mass is 10.2. The monoisotopic (exact) mass is 424 g/mol. The van der Waals surface area contributed by atoms with Crippen molar-refractivity contribution in [2.24, 2.45) is 0 Å². The minimum Gasteiger partial charge on any atom is -0.465 e. The number of hydrogen-bond acceptors (Lipinski definition) is 6. The van der Waals surface area contributed by atoms with E-state index in [1.54, 1.807) is 31.2 Å². The molecule has 0 aliphatic carbocycles. The zero-order valence-corrected chi connectivity index (χ0v) is 18.1. The molecule has 1 atom stereocenters. The van der Waals surface area contributed by atoms with Crippen molar-refractivity contribution >= 4 is 28.6 Å². The SMILES string of the molecule is CCOC(=O)[C@@H](CS)NCc1ccccc1.CNS(=O)(=O)c1ccc(C)cc1. The minimum absolute atomic E-state index is 0.242. The fourth-order valence-electron chi connectivity index (χ4n) is 2.14. The Balaban J connectivity index is 0.000000292. The van der Waals surface area contributed by atoms with Crippen LogP contribution in [0.15, 0.2) is 59.5 Å². The van der Waals surface area contributed by atoms with Gasteiger partial charge in [-0.1, -0.05) is 48.0 Å². The van der Waals surface area contributed by atoms with Crippen molar-refractivity contribution in [1.29, 1.82) is 0 Å². The molecule has 0 spiro atoms. The molecule has 0 aliphatic heterocycles. The summed E-state index contributed by atoms with van der Waals surface area (Å²) in [6.45, 7) is 4.75. The smallest absolute Gasteiger partial charge is 0.323 e. The van der Waals surface area contributed by atoms with Crippen LogP contribution in [0.1, 0.15) is 18.1 Å². The normalized spacial score (nSPS) is 11.9. The van der Waals surface area contributed by atoms with E-state index in [0.717, 1.165) is 11.1 Å². The number of ether oxygens (including phenoxy) is 1. The van der Waals surface area contributed by atoms with E-state index in [1.807, 2.05) is 37.3 Å². The molecule has 28 heavy (non-hydrogen) atoms. The summed E-state index contributed by atoms with van der Waals surface area (Å²) in [5.74, 6) is 0.194. The molecule has 0 aliphatic rings. The number of esters is 1. The van der Waals surface area contributed by atoms with E-state index in [1.165, 1.54) is 7.05 Å². The Morgan fingerprint density at radius 3 is 2.21 bits per heavy atom. The molecule has 2 N–H and O–H groups in total. The van der Waals surface area contributed by atoms with E-state index in [-0.39, 0.29) is 12.0 Å². The van der Waals surface area contributed by atoms with Crippen LogP contribution in [0, 0.1) is 6.92 Å². The largest absolute Gasteiger partial charge is 0.465 e. The van der Waals surface area contributed by atoms with Crippen LogP contribution >= 0.6 is 12.6 Å². The van der Waals surface area contributed by atoms with Crippen LogP contribution in [0.3, 0.4) is 0 Å². The van der Waals surface area contributed by atoms with Crippen molar-refractivity contribution in [3.63, 3.8) is 0 Å². The van der Waals surface area contributed by atoms with Crippen molar-refractivity contribution in [1.82, 2.24) is 10.0 Å². The molecule has 154 valence electrons. The van der Waals surface area contributed by atoms with Gasteiger partial charge < -0.3 is 4.74 Å². The van der Waals surface area contributed by atoms with Crippen LogP contribution in [0.4, 0.5) is 0 Å². The standard InChI is InChI=1S/C12H17NO2S.C8H11NO2S/c1-2-15-12(14)11(9-16)13-8-10-6-4-3-5-7-10;1-7-3-5-8(6-4-7)12(10,11)9-2/h3-7,11,13,16H,2,8-9H2,1H3;3-6,9H,1-2H3/t11-;/m1./s1. The second-order valence-corrected chi connectivity index (χ2v) is 8.13. The fraction of sp³-hybridized carbons (Fsp3) is 0.350. The second-order valence-electron chi connectivity index (χ2n) is 5.87. The van der Waals surface area contributed by atoms with Gasteiger partial charge in [0.05, 0.1) is 11.5 Å². The van der Waals surface area contributed by atoms with Gasteiger partial charge in [-0.2, -0.15) is 12.6 Å². The number of carbonyl (C=O) groups is 1. The Hall–Kier alpha value is -1.87. The minimum atomic E-state index is -3.26. The highest BCUT2D eigenvalue weighted by Crippen LogP contribution is 2.08. The number of rotatable bonds is 8. The maximum atomic E-state index is 11.5. The van der Waals surface area contributed by atoms with Crippen molar-refractivity contribution < 1.29 is 17.9 Å². The summed E-state index contributed by atoms with van der Waals surface area (Å²) in [6, 6.07) is 16.3. The molecule has 2 aromatic carbocycles. The summed E-state index contributed by atoms with van der Waals surface area (Å²) >= 11 is 4.13.